The topological polar surface area (TPSA) is 56.3 Å². The molecule has 3 rings (SSSR count). The summed E-state index contributed by atoms with van der Waals surface area (Å²) in [6.07, 6.45) is 0. The lowest BCUT2D eigenvalue weighted by molar-refractivity contribution is 0.0464. The largest absolute Gasteiger partial charge is 0.456 e. The molecule has 0 saturated carbocycles. The van der Waals surface area contributed by atoms with Gasteiger partial charge in [-0.1, -0.05) is 19.1 Å². The highest BCUT2D eigenvalue weighted by Gasteiger charge is 2.16. The van der Waals surface area contributed by atoms with E-state index < -0.39 is 16.8 Å². The number of thiazole rings is 1. The van der Waals surface area contributed by atoms with Crippen molar-refractivity contribution in [3.05, 3.63) is 57.7 Å². The number of aromatic nitrogens is 1. The van der Waals surface area contributed by atoms with E-state index >= 15 is 0 Å². The van der Waals surface area contributed by atoms with Gasteiger partial charge < -0.3 is 4.74 Å². The Hall–Kier alpha value is -1.83. The summed E-state index contributed by atoms with van der Waals surface area (Å²) < 4.78 is 17.4. The van der Waals surface area contributed by atoms with Crippen LogP contribution in [0.15, 0.2) is 51.4 Å². The molecule has 0 aliphatic carbocycles. The van der Waals surface area contributed by atoms with Crippen molar-refractivity contribution in [2.75, 3.05) is 5.75 Å². The number of ether oxygens (including phenoxy) is 1. The fourth-order valence-corrected chi connectivity index (χ4v) is 4.55. The zero-order valence-electron chi connectivity index (χ0n) is 12.9. The summed E-state index contributed by atoms with van der Waals surface area (Å²) >= 11 is 3.14. The van der Waals surface area contributed by atoms with Crippen LogP contribution in [0.5, 0.6) is 0 Å². The van der Waals surface area contributed by atoms with Crippen molar-refractivity contribution < 1.29 is 13.7 Å². The zero-order chi connectivity index (χ0) is 16.9. The van der Waals surface area contributed by atoms with Crippen LogP contribution in [0.4, 0.5) is 0 Å². The van der Waals surface area contributed by atoms with E-state index in [0.717, 1.165) is 10.6 Å². The summed E-state index contributed by atoms with van der Waals surface area (Å²) in [5.74, 6) is -0.0158. The van der Waals surface area contributed by atoms with Crippen LogP contribution >= 0.6 is 22.7 Å². The summed E-state index contributed by atoms with van der Waals surface area (Å²) in [6, 6.07) is 8.87. The van der Waals surface area contributed by atoms with Gasteiger partial charge in [0.05, 0.1) is 27.0 Å². The molecular weight excluding hydrogens is 362 g/mol. The lowest BCUT2D eigenvalue weighted by Gasteiger charge is -2.07. The standard InChI is InChI=1S/C17H15NO3S3/c1-2-24(20)15-6-4-3-5-14(15)17(19)21-9-13-11-23-16(18-13)12-7-8-22-10-12/h3-8,10-11H,2,9H2,1H3/t24-/m1/s1. The quantitative estimate of drug-likeness (QED) is 0.599. The first-order chi connectivity index (χ1) is 11.7. The van der Waals surface area contributed by atoms with Gasteiger partial charge in [0.2, 0.25) is 0 Å². The van der Waals surface area contributed by atoms with E-state index in [1.807, 2.05) is 29.1 Å². The Morgan fingerprint density at radius 3 is 2.83 bits per heavy atom. The average molecular weight is 378 g/mol. The van der Waals surface area contributed by atoms with Crippen LogP contribution < -0.4 is 0 Å². The van der Waals surface area contributed by atoms with Gasteiger partial charge in [-0.2, -0.15) is 11.3 Å². The number of thiophene rings is 1. The van der Waals surface area contributed by atoms with Gasteiger partial charge in [-0.25, -0.2) is 9.78 Å². The maximum absolute atomic E-state index is 12.3. The summed E-state index contributed by atoms with van der Waals surface area (Å²) in [6.45, 7) is 1.92. The van der Waals surface area contributed by atoms with E-state index in [-0.39, 0.29) is 6.61 Å². The SMILES string of the molecule is CC[S@@](=O)c1ccccc1C(=O)OCc1csc(-c2ccsc2)n1. The molecule has 0 N–H and O–H groups in total. The third kappa shape index (κ3) is 3.80. The average Bonchev–Trinajstić information content (AvgIpc) is 3.30. The Morgan fingerprint density at radius 1 is 1.25 bits per heavy atom. The molecule has 0 bridgehead atoms. The molecule has 0 aliphatic rings. The van der Waals surface area contributed by atoms with E-state index in [2.05, 4.69) is 4.98 Å². The van der Waals surface area contributed by atoms with Gasteiger partial charge in [-0.05, 0) is 23.6 Å². The Balaban J connectivity index is 1.69. The number of carbonyl (C=O) groups excluding carboxylic acids is 1. The number of esters is 1. The minimum atomic E-state index is -1.20. The first-order valence-corrected chi connectivity index (χ1v) is 10.4. The lowest BCUT2D eigenvalue weighted by Crippen LogP contribution is -2.10. The molecule has 7 heteroatoms. The zero-order valence-corrected chi connectivity index (χ0v) is 15.4. The maximum atomic E-state index is 12.3. The number of rotatable bonds is 6. The van der Waals surface area contributed by atoms with E-state index in [9.17, 15) is 9.00 Å². The van der Waals surface area contributed by atoms with E-state index in [1.165, 1.54) is 11.3 Å². The Kier molecular flexibility index (Phi) is 5.55. The normalized spacial score (nSPS) is 12.0. The lowest BCUT2D eigenvalue weighted by atomic mass is 10.2. The Labute approximate surface area is 150 Å². The van der Waals surface area contributed by atoms with Crippen LogP contribution in [-0.2, 0) is 22.1 Å². The molecule has 0 aliphatic heterocycles. The second kappa shape index (κ2) is 7.83. The second-order valence-corrected chi connectivity index (χ2v) is 8.21. The predicted octanol–water partition coefficient (Wildman–Crippen LogP) is 4.36. The molecule has 124 valence electrons. The Morgan fingerprint density at radius 2 is 2.08 bits per heavy atom. The number of hydrogen-bond donors (Lipinski definition) is 0. The number of nitrogens with zero attached hydrogens (tertiary/aromatic N) is 1. The van der Waals surface area contributed by atoms with Gasteiger partial charge in [-0.15, -0.1) is 11.3 Å². The molecule has 3 aromatic rings. The van der Waals surface area contributed by atoms with Gasteiger partial charge in [-0.3, -0.25) is 4.21 Å². The molecule has 4 nitrogen and oxygen atoms in total. The van der Waals surface area contributed by atoms with Crippen molar-refractivity contribution in [2.24, 2.45) is 0 Å². The highest BCUT2D eigenvalue weighted by Crippen LogP contribution is 2.26. The van der Waals surface area contributed by atoms with Crippen LogP contribution in [-0.4, -0.2) is 20.9 Å². The maximum Gasteiger partial charge on any atom is 0.339 e. The first-order valence-electron chi connectivity index (χ1n) is 7.30. The summed E-state index contributed by atoms with van der Waals surface area (Å²) in [5.41, 5.74) is 2.14. The predicted molar refractivity (Wildman–Crippen MR) is 97.9 cm³/mol. The highest BCUT2D eigenvalue weighted by molar-refractivity contribution is 7.85. The molecule has 24 heavy (non-hydrogen) atoms. The van der Waals surface area contributed by atoms with Gasteiger partial charge >= 0.3 is 5.97 Å². The first kappa shape index (κ1) is 17.0. The van der Waals surface area contributed by atoms with E-state index in [0.29, 0.717) is 21.9 Å². The second-order valence-electron chi connectivity index (χ2n) is 4.86. The molecule has 2 aromatic heterocycles. The summed E-state index contributed by atoms with van der Waals surface area (Å²) in [4.78, 5) is 17.3. The molecule has 0 saturated heterocycles. The van der Waals surface area contributed by atoms with Crippen LogP contribution in [0.3, 0.4) is 0 Å². The highest BCUT2D eigenvalue weighted by atomic mass is 32.2. The molecule has 1 atom stereocenters. The van der Waals surface area contributed by atoms with Crippen molar-refractivity contribution in [1.82, 2.24) is 4.98 Å². The van der Waals surface area contributed by atoms with Crippen LogP contribution in [0, 0.1) is 0 Å². The molecule has 0 fully saturated rings. The van der Waals surface area contributed by atoms with Gasteiger partial charge in [0, 0.05) is 22.1 Å². The van der Waals surface area contributed by atoms with Gasteiger partial charge in [0.25, 0.3) is 0 Å². The Bertz CT molecular complexity index is 856. The smallest absolute Gasteiger partial charge is 0.339 e. The molecular formula is C17H15NO3S3. The van der Waals surface area contributed by atoms with Crippen LogP contribution in [0.2, 0.25) is 0 Å². The van der Waals surface area contributed by atoms with Crippen molar-refractivity contribution in [1.29, 1.82) is 0 Å². The summed E-state index contributed by atoms with van der Waals surface area (Å²) in [5, 5.41) is 6.83. The van der Waals surface area contributed by atoms with Crippen LogP contribution in [0.1, 0.15) is 23.0 Å². The fourth-order valence-electron chi connectivity index (χ4n) is 2.10. The minimum absolute atomic E-state index is 0.104. The van der Waals surface area contributed by atoms with E-state index in [4.69, 9.17) is 4.74 Å². The van der Waals surface area contributed by atoms with Crippen molar-refractivity contribution in [3.63, 3.8) is 0 Å². The third-order valence-corrected chi connectivity index (χ3v) is 6.28. The number of hydrogen-bond acceptors (Lipinski definition) is 6. The monoisotopic (exact) mass is 377 g/mol. The molecule has 0 amide bonds. The molecule has 0 radical (unpaired) electrons. The number of carbonyl (C=O) groups is 1. The van der Waals surface area contributed by atoms with Crippen LogP contribution in [0.25, 0.3) is 10.6 Å². The van der Waals surface area contributed by atoms with Gasteiger partial charge in [0.15, 0.2) is 0 Å². The third-order valence-electron chi connectivity index (χ3n) is 3.29. The fraction of sp³-hybridized carbons (Fsp3) is 0.176. The van der Waals surface area contributed by atoms with Crippen molar-refractivity contribution >= 4 is 39.4 Å². The summed E-state index contributed by atoms with van der Waals surface area (Å²) in [7, 11) is -1.20. The van der Waals surface area contributed by atoms with Gasteiger partial charge in [0.1, 0.15) is 11.6 Å². The molecule has 0 unspecified atom stereocenters. The van der Waals surface area contributed by atoms with Crippen molar-refractivity contribution in [2.45, 2.75) is 18.4 Å². The van der Waals surface area contributed by atoms with E-state index in [1.54, 1.807) is 35.6 Å². The molecule has 0 spiro atoms. The minimum Gasteiger partial charge on any atom is -0.456 e. The molecule has 1 aromatic carbocycles. The number of benzene rings is 1. The molecule has 2 heterocycles. The van der Waals surface area contributed by atoms with Crippen molar-refractivity contribution in [3.8, 4) is 10.6 Å².